The molecular weight excluding hydrogens is 464 g/mol. The molecule has 6 heteroatoms. The highest BCUT2D eigenvalue weighted by Gasteiger charge is 2.46. The van der Waals surface area contributed by atoms with Crippen molar-refractivity contribution in [3.05, 3.63) is 80.7 Å². The number of nitrogens with one attached hydrogen (secondary N) is 2. The number of hydrogen-bond donors (Lipinski definition) is 2. The molecule has 0 saturated heterocycles. The summed E-state index contributed by atoms with van der Waals surface area (Å²) in [6.07, 6.45) is 5.44. The maximum Gasteiger partial charge on any atom is 0.298 e. The van der Waals surface area contributed by atoms with Crippen LogP contribution in [0.5, 0.6) is 0 Å². The SMILES string of the molecule is Cc1cc(CC2=CNc3c(C)cc(C4CC4)c(C(C)C)c3C2(F)F)c(C(C)C)c2c1NC=CC2(F)F. The zero-order valence-corrected chi connectivity index (χ0v) is 21.8. The van der Waals surface area contributed by atoms with E-state index >= 15 is 17.6 Å². The van der Waals surface area contributed by atoms with Gasteiger partial charge in [0.1, 0.15) is 0 Å². The predicted octanol–water partition coefficient (Wildman–Crippen LogP) is 9.10. The summed E-state index contributed by atoms with van der Waals surface area (Å²) in [5.74, 6) is -6.36. The van der Waals surface area contributed by atoms with E-state index in [0.717, 1.165) is 35.6 Å². The van der Waals surface area contributed by atoms with Gasteiger partial charge in [-0.15, -0.1) is 0 Å². The number of anilines is 2. The van der Waals surface area contributed by atoms with Crippen LogP contribution in [0.3, 0.4) is 0 Å². The van der Waals surface area contributed by atoms with Gasteiger partial charge in [0.2, 0.25) is 0 Å². The Labute approximate surface area is 210 Å². The number of benzene rings is 2. The molecule has 2 N–H and O–H groups in total. The summed E-state index contributed by atoms with van der Waals surface area (Å²) in [5, 5.41) is 6.12. The van der Waals surface area contributed by atoms with Crippen molar-refractivity contribution in [3.8, 4) is 0 Å². The number of hydrogen-bond acceptors (Lipinski definition) is 2. The lowest BCUT2D eigenvalue weighted by Gasteiger charge is -2.34. The molecule has 2 nitrogen and oxygen atoms in total. The van der Waals surface area contributed by atoms with Crippen LogP contribution in [0.15, 0.2) is 36.2 Å². The number of rotatable bonds is 5. The fourth-order valence-corrected chi connectivity index (χ4v) is 6.06. The number of allylic oxidation sites excluding steroid dienone is 2. The molecule has 3 aliphatic rings. The number of aryl methyl sites for hydroxylation is 2. The summed E-state index contributed by atoms with van der Waals surface area (Å²) in [7, 11) is 0. The summed E-state index contributed by atoms with van der Waals surface area (Å²) in [6.45, 7) is 11.2. The molecule has 0 radical (unpaired) electrons. The molecule has 1 saturated carbocycles. The van der Waals surface area contributed by atoms with Crippen molar-refractivity contribution in [2.75, 3.05) is 10.6 Å². The lowest BCUT2D eigenvalue weighted by atomic mass is 9.78. The quantitative estimate of drug-likeness (QED) is 0.402. The van der Waals surface area contributed by atoms with Crippen molar-refractivity contribution < 1.29 is 17.6 Å². The number of fused-ring (bicyclic) bond motifs is 2. The molecule has 2 aromatic rings. The van der Waals surface area contributed by atoms with Gasteiger partial charge in [-0.25, -0.2) is 0 Å². The first kappa shape index (κ1) is 24.9. The first-order valence-electron chi connectivity index (χ1n) is 12.8. The number of alkyl halides is 4. The fraction of sp³-hybridized carbons (Fsp3) is 0.467. The molecule has 1 aliphatic carbocycles. The fourth-order valence-electron chi connectivity index (χ4n) is 6.06. The van der Waals surface area contributed by atoms with Crippen molar-refractivity contribution >= 4 is 11.4 Å². The Morgan fingerprint density at radius 2 is 1.47 bits per heavy atom. The first-order chi connectivity index (χ1) is 16.8. The van der Waals surface area contributed by atoms with Crippen LogP contribution in [0.2, 0.25) is 0 Å². The van der Waals surface area contributed by atoms with Crippen LogP contribution in [-0.4, -0.2) is 0 Å². The smallest absolute Gasteiger partial charge is 0.298 e. The molecule has 36 heavy (non-hydrogen) atoms. The zero-order chi connectivity index (χ0) is 26.2. The van der Waals surface area contributed by atoms with Gasteiger partial charge in [0.25, 0.3) is 11.8 Å². The van der Waals surface area contributed by atoms with Gasteiger partial charge in [-0.2, -0.15) is 17.6 Å². The third-order valence-corrected chi connectivity index (χ3v) is 7.76. The maximum absolute atomic E-state index is 16.5. The first-order valence-corrected chi connectivity index (χ1v) is 12.8. The van der Waals surface area contributed by atoms with Gasteiger partial charge in [-0.05, 0) is 77.8 Å². The second-order valence-electron chi connectivity index (χ2n) is 11.2. The van der Waals surface area contributed by atoms with E-state index in [2.05, 4.69) is 16.7 Å². The minimum atomic E-state index is -3.21. The van der Waals surface area contributed by atoms with E-state index in [0.29, 0.717) is 34.0 Å². The molecule has 0 unspecified atom stereocenters. The van der Waals surface area contributed by atoms with Crippen LogP contribution in [0.1, 0.15) is 103 Å². The van der Waals surface area contributed by atoms with E-state index in [-0.39, 0.29) is 35.0 Å². The van der Waals surface area contributed by atoms with E-state index in [9.17, 15) is 0 Å². The van der Waals surface area contributed by atoms with Crippen LogP contribution >= 0.6 is 0 Å². The van der Waals surface area contributed by atoms with E-state index in [1.54, 1.807) is 13.0 Å². The lowest BCUT2D eigenvalue weighted by Crippen LogP contribution is -2.29. The molecule has 2 heterocycles. The van der Waals surface area contributed by atoms with Crippen molar-refractivity contribution in [1.82, 2.24) is 0 Å². The average Bonchev–Trinajstić information content (AvgIpc) is 3.61. The van der Waals surface area contributed by atoms with E-state index in [1.165, 1.54) is 12.4 Å². The zero-order valence-electron chi connectivity index (χ0n) is 21.8. The molecule has 1 fully saturated rings. The third-order valence-electron chi connectivity index (χ3n) is 7.76. The molecule has 0 aromatic heterocycles. The molecular formula is C30H34F4N2. The second kappa shape index (κ2) is 8.39. The van der Waals surface area contributed by atoms with Crippen molar-refractivity contribution in [1.29, 1.82) is 0 Å². The minimum Gasteiger partial charge on any atom is -0.361 e. The molecule has 2 aliphatic heterocycles. The van der Waals surface area contributed by atoms with Crippen molar-refractivity contribution in [3.63, 3.8) is 0 Å². The Bertz CT molecular complexity index is 1300. The molecule has 192 valence electrons. The second-order valence-corrected chi connectivity index (χ2v) is 11.2. The third kappa shape index (κ3) is 3.84. The van der Waals surface area contributed by atoms with Crippen LogP contribution < -0.4 is 10.6 Å². The van der Waals surface area contributed by atoms with Gasteiger partial charge in [0, 0.05) is 30.5 Å². The van der Waals surface area contributed by atoms with Gasteiger partial charge in [0.05, 0.1) is 22.5 Å². The van der Waals surface area contributed by atoms with Gasteiger partial charge in [-0.1, -0.05) is 39.8 Å². The van der Waals surface area contributed by atoms with Gasteiger partial charge < -0.3 is 10.6 Å². The largest absolute Gasteiger partial charge is 0.361 e. The molecule has 5 rings (SSSR count). The average molecular weight is 499 g/mol. The Balaban J connectivity index is 1.65. The van der Waals surface area contributed by atoms with E-state index in [4.69, 9.17) is 0 Å². The minimum absolute atomic E-state index is 0.0595. The summed E-state index contributed by atoms with van der Waals surface area (Å²) in [6, 6.07) is 3.86. The summed E-state index contributed by atoms with van der Waals surface area (Å²) in [5.41, 5.74) is 4.88. The highest BCUT2D eigenvalue weighted by Crippen LogP contribution is 2.54. The Morgan fingerprint density at radius 1 is 0.861 bits per heavy atom. The van der Waals surface area contributed by atoms with Gasteiger partial charge in [-0.3, -0.25) is 0 Å². The highest BCUT2D eigenvalue weighted by atomic mass is 19.3. The molecule has 2 aromatic carbocycles. The highest BCUT2D eigenvalue weighted by molar-refractivity contribution is 5.72. The Morgan fingerprint density at radius 3 is 2.08 bits per heavy atom. The predicted molar refractivity (Wildman–Crippen MR) is 138 cm³/mol. The summed E-state index contributed by atoms with van der Waals surface area (Å²) >= 11 is 0. The lowest BCUT2D eigenvalue weighted by molar-refractivity contribution is 0.0332. The van der Waals surface area contributed by atoms with E-state index in [1.807, 2.05) is 34.6 Å². The topological polar surface area (TPSA) is 24.1 Å². The standard InChI is InChI=1S/C30H34F4N2/c1-15(2)23-20(11-17(5)27-25(23)29(31,32)9-10-35-27)13-21-14-36-28-18(6)12-22(19-7-8-19)24(16(3)4)26(28)30(21,33)34/h9-12,14-16,19,35-36H,7-8,13H2,1-6H3. The Kier molecular flexibility index (Phi) is 5.81. The monoisotopic (exact) mass is 498 g/mol. The normalized spacial score (nSPS) is 19.5. The molecule has 0 spiro atoms. The van der Waals surface area contributed by atoms with Gasteiger partial charge in [0.15, 0.2) is 0 Å². The van der Waals surface area contributed by atoms with Crippen molar-refractivity contribution in [2.24, 2.45) is 0 Å². The van der Waals surface area contributed by atoms with Crippen LogP contribution in [0.25, 0.3) is 0 Å². The molecule has 0 amide bonds. The van der Waals surface area contributed by atoms with Crippen LogP contribution in [0, 0.1) is 13.8 Å². The molecule has 0 atom stereocenters. The van der Waals surface area contributed by atoms with Crippen molar-refractivity contribution in [2.45, 2.75) is 90.4 Å². The van der Waals surface area contributed by atoms with Crippen LogP contribution in [0.4, 0.5) is 28.9 Å². The summed E-state index contributed by atoms with van der Waals surface area (Å²) in [4.78, 5) is 0. The number of halogens is 4. The van der Waals surface area contributed by atoms with Crippen LogP contribution in [-0.2, 0) is 18.3 Å². The summed E-state index contributed by atoms with van der Waals surface area (Å²) < 4.78 is 63.1. The van der Waals surface area contributed by atoms with E-state index < -0.39 is 11.8 Å². The van der Waals surface area contributed by atoms with Gasteiger partial charge >= 0.3 is 0 Å². The maximum atomic E-state index is 16.5. The molecule has 0 bridgehead atoms. The Hall–Kier alpha value is -2.76.